The van der Waals surface area contributed by atoms with E-state index in [1.165, 1.54) is 32.5 Å². The molecular weight excluding hydrogens is 360 g/mol. The molecule has 1 aliphatic carbocycles. The van der Waals surface area contributed by atoms with Gasteiger partial charge >= 0.3 is 0 Å². The molecule has 2 aromatic rings. The van der Waals surface area contributed by atoms with Crippen molar-refractivity contribution in [3.63, 3.8) is 0 Å². The Morgan fingerprint density at radius 1 is 1.14 bits per heavy atom. The van der Waals surface area contributed by atoms with Gasteiger partial charge in [-0.15, -0.1) is 10.2 Å². The summed E-state index contributed by atoms with van der Waals surface area (Å²) in [6, 6.07) is 4.62. The Morgan fingerprint density at radius 3 is 2.34 bits per heavy atom. The largest absolute Gasteiger partial charge is 0.366 e. The SMILES string of the molecule is Cc1nn(C)cc1-c1ccc(N[C@@H]2C[C@@H]3CN(CC(C)C(C)(C)C)C[C@@H]3C2)nn1. The van der Waals surface area contributed by atoms with Gasteiger partial charge in [0.05, 0.1) is 11.4 Å². The molecular formula is C23H36N6. The van der Waals surface area contributed by atoms with Gasteiger partial charge in [0.25, 0.3) is 0 Å². The zero-order valence-corrected chi connectivity index (χ0v) is 18.8. The van der Waals surface area contributed by atoms with Crippen LogP contribution >= 0.6 is 0 Å². The quantitative estimate of drug-likeness (QED) is 0.828. The van der Waals surface area contributed by atoms with E-state index < -0.39 is 0 Å². The monoisotopic (exact) mass is 396 g/mol. The molecule has 0 spiro atoms. The van der Waals surface area contributed by atoms with Gasteiger partial charge in [-0.05, 0) is 55.1 Å². The molecule has 1 N–H and O–H groups in total. The van der Waals surface area contributed by atoms with Crippen LogP contribution in [0.3, 0.4) is 0 Å². The number of rotatable bonds is 5. The molecule has 3 heterocycles. The van der Waals surface area contributed by atoms with E-state index in [0.717, 1.165) is 40.5 Å². The molecule has 1 saturated carbocycles. The fraction of sp³-hybridized carbons (Fsp3) is 0.696. The van der Waals surface area contributed by atoms with E-state index in [1.807, 2.05) is 30.9 Å². The van der Waals surface area contributed by atoms with Crippen molar-refractivity contribution in [2.45, 2.75) is 53.5 Å². The Labute approximate surface area is 175 Å². The van der Waals surface area contributed by atoms with Crippen LogP contribution in [0, 0.1) is 30.1 Å². The third-order valence-electron chi connectivity index (χ3n) is 7.14. The van der Waals surface area contributed by atoms with Gasteiger partial charge in [0.1, 0.15) is 5.82 Å². The minimum Gasteiger partial charge on any atom is -0.366 e. The number of hydrogen-bond donors (Lipinski definition) is 1. The van der Waals surface area contributed by atoms with Gasteiger partial charge in [-0.2, -0.15) is 5.10 Å². The lowest BCUT2D eigenvalue weighted by molar-refractivity contribution is 0.175. The van der Waals surface area contributed by atoms with E-state index in [-0.39, 0.29) is 0 Å². The normalized spacial score (nSPS) is 25.9. The molecule has 0 radical (unpaired) electrons. The van der Waals surface area contributed by atoms with E-state index in [0.29, 0.717) is 11.5 Å². The average Bonchev–Trinajstić information content (AvgIpc) is 3.27. The number of anilines is 1. The molecule has 0 bridgehead atoms. The second-order valence-corrected chi connectivity index (χ2v) is 10.4. The molecule has 29 heavy (non-hydrogen) atoms. The van der Waals surface area contributed by atoms with E-state index in [1.54, 1.807) is 0 Å². The third-order valence-corrected chi connectivity index (χ3v) is 7.14. The third kappa shape index (κ3) is 4.47. The lowest BCUT2D eigenvalue weighted by Gasteiger charge is -2.31. The highest BCUT2D eigenvalue weighted by Crippen LogP contribution is 2.40. The zero-order valence-electron chi connectivity index (χ0n) is 18.8. The summed E-state index contributed by atoms with van der Waals surface area (Å²) in [6.45, 7) is 15.2. The van der Waals surface area contributed by atoms with Gasteiger partial charge < -0.3 is 10.2 Å². The van der Waals surface area contributed by atoms with Gasteiger partial charge in [-0.3, -0.25) is 4.68 Å². The molecule has 0 amide bonds. The molecule has 0 aromatic carbocycles. The van der Waals surface area contributed by atoms with E-state index in [9.17, 15) is 0 Å². The van der Waals surface area contributed by atoms with Crippen molar-refractivity contribution in [1.82, 2.24) is 24.9 Å². The molecule has 4 rings (SSSR count). The van der Waals surface area contributed by atoms with Crippen molar-refractivity contribution >= 4 is 5.82 Å². The summed E-state index contributed by atoms with van der Waals surface area (Å²) in [5, 5.41) is 16.9. The first-order chi connectivity index (χ1) is 13.7. The second-order valence-electron chi connectivity index (χ2n) is 10.4. The Balaban J connectivity index is 1.30. The minimum atomic E-state index is 0.390. The molecule has 2 fully saturated rings. The van der Waals surface area contributed by atoms with Crippen LogP contribution in [0.4, 0.5) is 5.82 Å². The number of aryl methyl sites for hydroxylation is 2. The number of likely N-dealkylation sites (tertiary alicyclic amines) is 1. The van der Waals surface area contributed by atoms with Crippen molar-refractivity contribution in [3.8, 4) is 11.3 Å². The highest BCUT2D eigenvalue weighted by atomic mass is 15.3. The van der Waals surface area contributed by atoms with Crippen LogP contribution in [0.2, 0.25) is 0 Å². The summed E-state index contributed by atoms with van der Waals surface area (Å²) in [4.78, 5) is 2.70. The van der Waals surface area contributed by atoms with Crippen LogP contribution in [-0.2, 0) is 7.05 Å². The van der Waals surface area contributed by atoms with Crippen molar-refractivity contribution in [3.05, 3.63) is 24.0 Å². The van der Waals surface area contributed by atoms with Crippen molar-refractivity contribution in [1.29, 1.82) is 0 Å². The Morgan fingerprint density at radius 2 is 1.83 bits per heavy atom. The van der Waals surface area contributed by atoms with Crippen molar-refractivity contribution < 1.29 is 0 Å². The number of nitrogens with one attached hydrogen (secondary N) is 1. The molecule has 2 aliphatic rings. The lowest BCUT2D eigenvalue weighted by atomic mass is 9.82. The first-order valence-electron chi connectivity index (χ1n) is 11.0. The predicted molar refractivity (Wildman–Crippen MR) is 118 cm³/mol. The number of nitrogens with zero attached hydrogens (tertiary/aromatic N) is 5. The van der Waals surface area contributed by atoms with Gasteiger partial charge in [0.2, 0.25) is 0 Å². The summed E-state index contributed by atoms with van der Waals surface area (Å²) in [7, 11) is 1.93. The van der Waals surface area contributed by atoms with E-state index >= 15 is 0 Å². The molecule has 6 nitrogen and oxygen atoms in total. The topological polar surface area (TPSA) is 58.9 Å². The standard InChI is InChI=1S/C23H36N6/c1-15(23(3,4)5)11-29-12-17-9-19(10-18(17)13-29)24-22-8-7-21(25-26-22)20-14-28(6)27-16(20)2/h7-8,14-15,17-19H,9-13H2,1-6H3,(H,24,26)/t15?,17-,18+,19-. The predicted octanol–water partition coefficient (Wildman–Crippen LogP) is 3.99. The summed E-state index contributed by atoms with van der Waals surface area (Å²) in [6.07, 6.45) is 4.49. The summed E-state index contributed by atoms with van der Waals surface area (Å²) in [5.74, 6) is 3.26. The smallest absolute Gasteiger partial charge is 0.148 e. The van der Waals surface area contributed by atoms with Crippen molar-refractivity contribution in [2.75, 3.05) is 25.0 Å². The highest BCUT2D eigenvalue weighted by Gasteiger charge is 2.41. The van der Waals surface area contributed by atoms with Gasteiger partial charge in [0.15, 0.2) is 0 Å². The molecule has 1 aliphatic heterocycles. The second kappa shape index (κ2) is 7.71. The molecule has 1 unspecified atom stereocenters. The average molecular weight is 397 g/mol. The molecule has 2 aromatic heterocycles. The fourth-order valence-electron chi connectivity index (χ4n) is 4.94. The van der Waals surface area contributed by atoms with Gasteiger partial charge in [0, 0.05) is 44.5 Å². The van der Waals surface area contributed by atoms with Crippen LogP contribution in [0.1, 0.15) is 46.2 Å². The fourth-order valence-corrected chi connectivity index (χ4v) is 4.94. The maximum Gasteiger partial charge on any atom is 0.148 e. The summed E-state index contributed by atoms with van der Waals surface area (Å²) >= 11 is 0. The van der Waals surface area contributed by atoms with Crippen molar-refractivity contribution in [2.24, 2.45) is 30.2 Å². The van der Waals surface area contributed by atoms with Crippen LogP contribution in [0.5, 0.6) is 0 Å². The van der Waals surface area contributed by atoms with Crippen LogP contribution < -0.4 is 5.32 Å². The Hall–Kier alpha value is -1.95. The maximum absolute atomic E-state index is 4.44. The maximum atomic E-state index is 4.44. The van der Waals surface area contributed by atoms with E-state index in [4.69, 9.17) is 0 Å². The lowest BCUT2D eigenvalue weighted by Crippen LogP contribution is -2.34. The van der Waals surface area contributed by atoms with Gasteiger partial charge in [-0.25, -0.2) is 0 Å². The summed E-state index contributed by atoms with van der Waals surface area (Å²) in [5.41, 5.74) is 3.30. The van der Waals surface area contributed by atoms with E-state index in [2.05, 4.69) is 59.3 Å². The van der Waals surface area contributed by atoms with Crippen LogP contribution in [0.15, 0.2) is 18.3 Å². The number of hydrogen-bond acceptors (Lipinski definition) is 5. The molecule has 4 atom stereocenters. The van der Waals surface area contributed by atoms with Crippen LogP contribution in [-0.4, -0.2) is 50.6 Å². The minimum absolute atomic E-state index is 0.390. The first-order valence-corrected chi connectivity index (χ1v) is 11.0. The zero-order chi connectivity index (χ0) is 20.8. The molecule has 6 heteroatoms. The molecule has 158 valence electrons. The Bertz CT molecular complexity index is 820. The van der Waals surface area contributed by atoms with Crippen LogP contribution in [0.25, 0.3) is 11.3 Å². The first kappa shape index (κ1) is 20.3. The summed E-state index contributed by atoms with van der Waals surface area (Å²) < 4.78 is 1.82. The number of aromatic nitrogens is 4. The van der Waals surface area contributed by atoms with Gasteiger partial charge in [-0.1, -0.05) is 27.7 Å². The molecule has 1 saturated heterocycles. The Kier molecular flexibility index (Phi) is 5.40. The number of fused-ring (bicyclic) bond motifs is 1. The highest BCUT2D eigenvalue weighted by molar-refractivity contribution is 5.61.